The lowest BCUT2D eigenvalue weighted by Crippen LogP contribution is -2.51. The van der Waals surface area contributed by atoms with E-state index in [2.05, 4.69) is 0 Å². The third-order valence-corrected chi connectivity index (χ3v) is 5.47. The Labute approximate surface area is 127 Å². The fraction of sp³-hybridized carbons (Fsp3) is 0.750. The summed E-state index contributed by atoms with van der Waals surface area (Å²) >= 11 is 0. The van der Waals surface area contributed by atoms with Gasteiger partial charge in [-0.3, -0.25) is 18.9 Å². The monoisotopic (exact) mass is 340 g/mol. The van der Waals surface area contributed by atoms with Crippen LogP contribution in [-0.4, -0.2) is 48.2 Å². The highest BCUT2D eigenvalue weighted by atomic mass is 31.2. The lowest BCUT2D eigenvalue weighted by molar-refractivity contribution is -0.155. The van der Waals surface area contributed by atoms with Crippen LogP contribution in [0.3, 0.4) is 0 Å². The number of aliphatic carboxylic acids is 3. The van der Waals surface area contributed by atoms with E-state index in [1.165, 1.54) is 13.8 Å². The Hall–Kier alpha value is -1.44. The molecule has 3 unspecified atom stereocenters. The van der Waals surface area contributed by atoms with E-state index >= 15 is 0 Å². The average Bonchev–Trinajstić information content (AvgIpc) is 2.35. The second-order valence-corrected chi connectivity index (χ2v) is 6.99. The van der Waals surface area contributed by atoms with Gasteiger partial charge >= 0.3 is 25.5 Å². The molecule has 0 saturated carbocycles. The normalized spacial score (nSPS) is 17.3. The van der Waals surface area contributed by atoms with Crippen LogP contribution in [-0.2, 0) is 18.9 Å². The fourth-order valence-electron chi connectivity index (χ4n) is 2.46. The second kappa shape index (κ2) is 7.71. The molecule has 22 heavy (non-hydrogen) atoms. The summed E-state index contributed by atoms with van der Waals surface area (Å²) in [4.78, 5) is 53.2. The van der Waals surface area contributed by atoms with Crippen LogP contribution in [0.1, 0.15) is 39.5 Å². The molecule has 0 rings (SSSR count). The van der Waals surface area contributed by atoms with E-state index < -0.39 is 48.9 Å². The lowest BCUT2D eigenvalue weighted by Gasteiger charge is -2.36. The number of carbonyl (C=O) groups is 3. The molecule has 3 atom stereocenters. The van der Waals surface area contributed by atoms with Crippen molar-refractivity contribution in [3.05, 3.63) is 0 Å². The molecule has 5 N–H and O–H groups in total. The summed E-state index contributed by atoms with van der Waals surface area (Å²) in [5.74, 6) is -8.36. The van der Waals surface area contributed by atoms with Crippen molar-refractivity contribution in [2.45, 2.75) is 44.7 Å². The summed E-state index contributed by atoms with van der Waals surface area (Å²) in [6.07, 6.45) is -1.14. The molecular weight excluding hydrogens is 319 g/mol. The van der Waals surface area contributed by atoms with Gasteiger partial charge in [0.2, 0.25) is 0 Å². The average molecular weight is 340 g/mol. The molecule has 0 bridgehead atoms. The van der Waals surface area contributed by atoms with Crippen LogP contribution in [0.15, 0.2) is 0 Å². The lowest BCUT2D eigenvalue weighted by atomic mass is 9.80. The van der Waals surface area contributed by atoms with E-state index in [0.29, 0.717) is 0 Å². The van der Waals surface area contributed by atoms with E-state index in [4.69, 9.17) is 5.11 Å². The summed E-state index contributed by atoms with van der Waals surface area (Å²) in [5.41, 5.74) is 0. The number of carboxylic acids is 3. The molecule has 0 aromatic rings. The van der Waals surface area contributed by atoms with Crippen molar-refractivity contribution in [3.63, 3.8) is 0 Å². The molecule has 0 heterocycles. The standard InChI is InChI=1S/C12H21O9P/c1-3-5-8(10(15)16)12(11(17)18,22(19,20)21)6-7(4-2)9(13)14/h7-8H,3-6H2,1-2H3,(H,13,14)(H,15,16)(H,17,18)(H2,19,20,21). The van der Waals surface area contributed by atoms with Gasteiger partial charge in [0.15, 0.2) is 5.16 Å². The Balaban J connectivity index is 6.25. The van der Waals surface area contributed by atoms with E-state index in [9.17, 15) is 38.9 Å². The van der Waals surface area contributed by atoms with Crippen LogP contribution in [0.25, 0.3) is 0 Å². The van der Waals surface area contributed by atoms with E-state index in [1.807, 2.05) is 0 Å². The summed E-state index contributed by atoms with van der Waals surface area (Å²) in [5, 5.41) is 24.7. The van der Waals surface area contributed by atoms with E-state index in [1.54, 1.807) is 0 Å². The van der Waals surface area contributed by atoms with Gasteiger partial charge in [-0.25, -0.2) is 0 Å². The molecule has 0 spiro atoms. The van der Waals surface area contributed by atoms with E-state index in [-0.39, 0.29) is 19.3 Å². The SMILES string of the molecule is CCCC(C(=O)O)C(CC(CC)C(=O)O)(C(=O)O)P(=O)(O)O. The van der Waals surface area contributed by atoms with Gasteiger partial charge in [0.05, 0.1) is 11.8 Å². The van der Waals surface area contributed by atoms with Gasteiger partial charge in [0, 0.05) is 0 Å². The topological polar surface area (TPSA) is 169 Å². The van der Waals surface area contributed by atoms with Crippen molar-refractivity contribution in [2.75, 3.05) is 0 Å². The molecule has 0 fully saturated rings. The van der Waals surface area contributed by atoms with E-state index in [0.717, 1.165) is 0 Å². The second-order valence-electron chi connectivity index (χ2n) is 5.10. The summed E-state index contributed by atoms with van der Waals surface area (Å²) in [7, 11) is -5.45. The summed E-state index contributed by atoms with van der Waals surface area (Å²) in [6.45, 7) is 2.96. The smallest absolute Gasteiger partial charge is 0.343 e. The Bertz CT molecular complexity index is 483. The van der Waals surface area contributed by atoms with Crippen molar-refractivity contribution in [1.82, 2.24) is 0 Å². The summed E-state index contributed by atoms with van der Waals surface area (Å²) in [6, 6.07) is 0. The molecule has 0 aromatic heterocycles. The highest BCUT2D eigenvalue weighted by Crippen LogP contribution is 2.59. The first kappa shape index (κ1) is 20.6. The van der Waals surface area contributed by atoms with Crippen molar-refractivity contribution in [1.29, 1.82) is 0 Å². The minimum absolute atomic E-state index is 0.0805. The van der Waals surface area contributed by atoms with Gasteiger partial charge in [-0.15, -0.1) is 0 Å². The largest absolute Gasteiger partial charge is 0.481 e. The number of hydrogen-bond acceptors (Lipinski definition) is 4. The molecule has 0 aliphatic heterocycles. The predicted molar refractivity (Wildman–Crippen MR) is 74.5 cm³/mol. The zero-order valence-electron chi connectivity index (χ0n) is 12.3. The molecule has 0 aliphatic carbocycles. The molecule has 0 saturated heterocycles. The van der Waals surface area contributed by atoms with Gasteiger partial charge in [-0.05, 0) is 19.3 Å². The van der Waals surface area contributed by atoms with Crippen LogP contribution in [0.4, 0.5) is 0 Å². The Morgan fingerprint density at radius 2 is 1.55 bits per heavy atom. The van der Waals surface area contributed by atoms with Gasteiger partial charge in [0.25, 0.3) is 0 Å². The first-order valence-electron chi connectivity index (χ1n) is 6.70. The molecule has 0 radical (unpaired) electrons. The maximum Gasteiger partial charge on any atom is 0.343 e. The first-order chi connectivity index (χ1) is 9.95. The molecular formula is C12H21O9P. The number of hydrogen-bond donors (Lipinski definition) is 5. The number of carboxylic acid groups (broad SMARTS) is 3. The highest BCUT2D eigenvalue weighted by molar-refractivity contribution is 7.54. The Morgan fingerprint density at radius 1 is 1.05 bits per heavy atom. The third-order valence-electron chi connectivity index (χ3n) is 3.74. The first-order valence-corrected chi connectivity index (χ1v) is 8.31. The quantitative estimate of drug-likeness (QED) is 0.364. The Kier molecular flexibility index (Phi) is 7.21. The highest BCUT2D eigenvalue weighted by Gasteiger charge is 2.62. The maximum absolute atomic E-state index is 11.8. The van der Waals surface area contributed by atoms with Gasteiger partial charge in [-0.1, -0.05) is 20.3 Å². The van der Waals surface area contributed by atoms with Crippen LogP contribution in [0, 0.1) is 11.8 Å². The third kappa shape index (κ3) is 4.06. The minimum Gasteiger partial charge on any atom is -0.481 e. The molecule has 0 aromatic carbocycles. The van der Waals surface area contributed by atoms with Gasteiger partial charge in [0.1, 0.15) is 0 Å². The zero-order chi connectivity index (χ0) is 17.7. The van der Waals surface area contributed by atoms with Crippen molar-refractivity contribution in [2.24, 2.45) is 11.8 Å². The fourth-order valence-corrected chi connectivity index (χ4v) is 3.82. The predicted octanol–water partition coefficient (Wildman–Crippen LogP) is 0.989. The van der Waals surface area contributed by atoms with Crippen LogP contribution >= 0.6 is 7.60 Å². The van der Waals surface area contributed by atoms with Gasteiger partial charge in [-0.2, -0.15) is 0 Å². The van der Waals surface area contributed by atoms with Crippen LogP contribution in [0.5, 0.6) is 0 Å². The van der Waals surface area contributed by atoms with Crippen LogP contribution < -0.4 is 0 Å². The maximum atomic E-state index is 11.8. The Morgan fingerprint density at radius 3 is 1.77 bits per heavy atom. The summed E-state index contributed by atoms with van der Waals surface area (Å²) < 4.78 is 11.8. The van der Waals surface area contributed by atoms with Crippen molar-refractivity contribution in [3.8, 4) is 0 Å². The molecule has 10 heteroatoms. The molecule has 0 aliphatic rings. The van der Waals surface area contributed by atoms with Crippen molar-refractivity contribution >= 4 is 25.5 Å². The minimum atomic E-state index is -5.45. The molecule has 0 amide bonds. The molecule has 128 valence electrons. The number of rotatable bonds is 10. The van der Waals surface area contributed by atoms with Crippen LogP contribution in [0.2, 0.25) is 0 Å². The van der Waals surface area contributed by atoms with Gasteiger partial charge < -0.3 is 25.1 Å². The van der Waals surface area contributed by atoms with Crippen molar-refractivity contribution < 1.29 is 44.1 Å². The zero-order valence-corrected chi connectivity index (χ0v) is 13.2. The molecule has 9 nitrogen and oxygen atoms in total.